The van der Waals surface area contributed by atoms with Crippen molar-refractivity contribution in [3.63, 3.8) is 0 Å². The highest BCUT2D eigenvalue weighted by molar-refractivity contribution is 5.72. The Labute approximate surface area is 191 Å². The molecule has 194 valence electrons. The van der Waals surface area contributed by atoms with Gasteiger partial charge in [0, 0.05) is 19.9 Å². The second kappa shape index (κ2) is 9.35. The topological polar surface area (TPSA) is 141 Å². The number of methoxy groups -OCH3 is 1. The van der Waals surface area contributed by atoms with Crippen molar-refractivity contribution < 1.29 is 50.1 Å². The van der Waals surface area contributed by atoms with E-state index in [1.807, 2.05) is 0 Å². The van der Waals surface area contributed by atoms with Crippen LogP contribution in [-0.4, -0.2) is 68.6 Å². The maximum atomic E-state index is 15.1. The van der Waals surface area contributed by atoms with E-state index in [9.17, 15) is 36.3 Å². The van der Waals surface area contributed by atoms with Gasteiger partial charge >= 0.3 is 29.7 Å². The van der Waals surface area contributed by atoms with Gasteiger partial charge in [-0.15, -0.1) is 0 Å². The molecule has 1 saturated heterocycles. The Morgan fingerprint density at radius 3 is 2.49 bits per heavy atom. The van der Waals surface area contributed by atoms with Gasteiger partial charge in [-0.3, -0.25) is 14.2 Å². The van der Waals surface area contributed by atoms with E-state index in [2.05, 4.69) is 14.7 Å². The number of ether oxygens (including phenoxy) is 3. The highest BCUT2D eigenvalue weighted by Crippen LogP contribution is 2.39. The third-order valence-corrected chi connectivity index (χ3v) is 5.21. The zero-order chi connectivity index (χ0) is 26.3. The quantitative estimate of drug-likeness (QED) is 0.429. The molecule has 0 spiro atoms. The van der Waals surface area contributed by atoms with Crippen molar-refractivity contribution in [1.29, 1.82) is 0 Å². The molecule has 0 unspecified atom stereocenters. The van der Waals surface area contributed by atoms with Crippen LogP contribution in [-0.2, 0) is 30.3 Å². The third kappa shape index (κ3) is 5.03. The number of esters is 2. The number of carbonyl (C=O) groups excluding carboxylic acids is 2. The second-order valence-electron chi connectivity index (χ2n) is 7.56. The molecule has 0 bridgehead atoms. The van der Waals surface area contributed by atoms with Crippen LogP contribution in [0.4, 0.5) is 32.3 Å². The summed E-state index contributed by atoms with van der Waals surface area (Å²) in [6.07, 6.45) is -14.7. The lowest BCUT2D eigenvalue weighted by molar-refractivity contribution is -0.285. The van der Waals surface area contributed by atoms with Crippen LogP contribution in [0, 0.1) is 0 Å². The Morgan fingerprint density at radius 1 is 1.26 bits per heavy atom. The number of hydrogen-bond donors (Lipinski definition) is 1. The van der Waals surface area contributed by atoms with E-state index in [1.165, 1.54) is 0 Å². The largest absolute Gasteiger partial charge is 0.469 e. The van der Waals surface area contributed by atoms with Gasteiger partial charge in [0.05, 0.1) is 19.7 Å². The molecule has 0 amide bonds. The number of anilines is 1. The van der Waals surface area contributed by atoms with E-state index in [0.717, 1.165) is 20.2 Å². The number of aryl methyl sites for hydroxylation is 1. The number of alkyl halides is 6. The molecule has 3 rings (SSSR count). The number of nitrogens with two attached hydrogens (primary N) is 1. The average molecular weight is 515 g/mol. The van der Waals surface area contributed by atoms with Crippen molar-refractivity contribution in [3.8, 4) is 0 Å². The molecule has 2 aromatic rings. The minimum Gasteiger partial charge on any atom is -0.469 e. The number of halogens is 6. The van der Waals surface area contributed by atoms with E-state index >= 15 is 4.39 Å². The van der Waals surface area contributed by atoms with Crippen molar-refractivity contribution in [2.75, 3.05) is 12.8 Å². The summed E-state index contributed by atoms with van der Waals surface area (Å²) in [5.41, 5.74) is 3.55. The van der Waals surface area contributed by atoms with Crippen LogP contribution in [0.5, 0.6) is 0 Å². The molecule has 0 radical (unpaired) electrons. The van der Waals surface area contributed by atoms with Crippen LogP contribution in [0.1, 0.15) is 26.0 Å². The zero-order valence-electron chi connectivity index (χ0n) is 18.1. The van der Waals surface area contributed by atoms with Crippen molar-refractivity contribution in [3.05, 3.63) is 16.7 Å². The zero-order valence-corrected chi connectivity index (χ0v) is 18.1. The van der Waals surface area contributed by atoms with E-state index in [-0.39, 0.29) is 5.52 Å². The first kappa shape index (κ1) is 26.2. The summed E-state index contributed by atoms with van der Waals surface area (Å²) < 4.78 is 95.9. The van der Waals surface area contributed by atoms with Crippen molar-refractivity contribution in [2.24, 2.45) is 0 Å². The molecule has 0 saturated carbocycles. The molecule has 0 aromatic carbocycles. The van der Waals surface area contributed by atoms with Gasteiger partial charge in [-0.2, -0.15) is 26.9 Å². The summed E-state index contributed by atoms with van der Waals surface area (Å²) in [5.74, 6) is -7.43. The first-order chi connectivity index (χ1) is 16.2. The minimum atomic E-state index is -5.87. The Hall–Kier alpha value is -3.37. The predicted molar refractivity (Wildman–Crippen MR) is 103 cm³/mol. The number of carbonyl (C=O) groups is 2. The normalized spacial score (nSPS) is 23.0. The van der Waals surface area contributed by atoms with Gasteiger partial charge in [0.1, 0.15) is 11.6 Å². The van der Waals surface area contributed by atoms with E-state index in [4.69, 9.17) is 15.2 Å². The van der Waals surface area contributed by atoms with Gasteiger partial charge in [-0.25, -0.2) is 18.7 Å². The molecule has 1 fully saturated rings. The van der Waals surface area contributed by atoms with Crippen LogP contribution in [0.15, 0.2) is 11.0 Å². The first-order valence-corrected chi connectivity index (χ1v) is 9.89. The van der Waals surface area contributed by atoms with Crippen molar-refractivity contribution >= 4 is 29.1 Å². The Kier molecular flexibility index (Phi) is 7.01. The van der Waals surface area contributed by atoms with Crippen molar-refractivity contribution in [1.82, 2.24) is 19.1 Å². The molecule has 2 aromatic heterocycles. The van der Waals surface area contributed by atoms with E-state index in [1.54, 1.807) is 0 Å². The Bertz CT molecular complexity index is 1180. The fraction of sp³-hybridized carbons (Fsp3) is 0.611. The lowest BCUT2D eigenvalue weighted by atomic mass is 10.1. The number of nitrogen functional groups attached to an aromatic ring is 1. The average Bonchev–Trinajstić information content (AvgIpc) is 3.18. The molecule has 35 heavy (non-hydrogen) atoms. The van der Waals surface area contributed by atoms with E-state index in [0.29, 0.717) is 9.13 Å². The van der Waals surface area contributed by atoms with Gasteiger partial charge in [0.25, 0.3) is 0 Å². The molecular weight excluding hydrogens is 496 g/mol. The van der Waals surface area contributed by atoms with Crippen LogP contribution in [0.25, 0.3) is 11.2 Å². The van der Waals surface area contributed by atoms with Gasteiger partial charge in [0.15, 0.2) is 24.2 Å². The van der Waals surface area contributed by atoms with Crippen LogP contribution < -0.4 is 11.4 Å². The molecule has 3 heterocycles. The van der Waals surface area contributed by atoms with Crippen LogP contribution in [0.3, 0.4) is 0 Å². The summed E-state index contributed by atoms with van der Waals surface area (Å²) in [4.78, 5) is 43.7. The molecule has 2 N–H and O–H groups in total. The van der Waals surface area contributed by atoms with Gasteiger partial charge in [0.2, 0.25) is 5.95 Å². The van der Waals surface area contributed by atoms with Gasteiger partial charge in [-0.1, -0.05) is 0 Å². The maximum absolute atomic E-state index is 15.1. The highest BCUT2D eigenvalue weighted by Gasteiger charge is 2.57. The molecule has 11 nitrogen and oxygen atoms in total. The fourth-order valence-electron chi connectivity index (χ4n) is 3.54. The van der Waals surface area contributed by atoms with Crippen LogP contribution in [0.2, 0.25) is 0 Å². The second-order valence-corrected chi connectivity index (χ2v) is 7.56. The number of aromatic nitrogens is 4. The summed E-state index contributed by atoms with van der Waals surface area (Å²) in [6, 6.07) is 0. The lowest BCUT2D eigenvalue weighted by Gasteiger charge is -2.20. The first-order valence-electron chi connectivity index (χ1n) is 9.89. The standard InChI is InChI=1S/C18H19F6N5O6/c1-7(30)34-12-11(19)9(5-10(31)33-2)35-14(12)29-13-8(6-26-15(25)27-13)28(16(29)32)4-3-17(20,21)18(22,23)24/h6,9,11-12,14H,3-5H2,1-2H3,(H2,25,26,27)/t9-,11-,12-,14-/m1/s1. The summed E-state index contributed by atoms with van der Waals surface area (Å²) in [7, 11) is 1.03. The minimum absolute atomic E-state index is 0.320. The number of fused-ring (bicyclic) bond motifs is 1. The third-order valence-electron chi connectivity index (χ3n) is 5.21. The number of rotatable bonds is 7. The predicted octanol–water partition coefficient (Wildman–Crippen LogP) is 1.49. The number of nitrogens with zero attached hydrogens (tertiary/aromatic N) is 4. The van der Waals surface area contributed by atoms with Gasteiger partial charge < -0.3 is 19.9 Å². The Balaban J connectivity index is 2.10. The molecule has 4 atom stereocenters. The molecule has 1 aliphatic rings. The molecule has 0 aliphatic carbocycles. The van der Waals surface area contributed by atoms with E-state index < -0.39 is 85.3 Å². The SMILES string of the molecule is COC(=O)C[C@H]1O[C@@H](n2c(=O)n(CCC(F)(F)C(F)(F)F)c3cnc(N)nc32)[C@H](OC(C)=O)[C@@H]1F. The monoisotopic (exact) mass is 515 g/mol. The summed E-state index contributed by atoms with van der Waals surface area (Å²) in [6.45, 7) is -0.208. The molecular formula is C18H19F6N5O6. The molecule has 17 heteroatoms. The summed E-state index contributed by atoms with van der Waals surface area (Å²) >= 11 is 0. The fourth-order valence-corrected chi connectivity index (χ4v) is 3.54. The Morgan fingerprint density at radius 2 is 1.91 bits per heavy atom. The van der Waals surface area contributed by atoms with Gasteiger partial charge in [-0.05, 0) is 0 Å². The highest BCUT2D eigenvalue weighted by atomic mass is 19.4. The lowest BCUT2D eigenvalue weighted by Crippen LogP contribution is -2.39. The number of imidazole rings is 1. The van der Waals surface area contributed by atoms with Crippen LogP contribution >= 0.6 is 0 Å². The smallest absolute Gasteiger partial charge is 0.453 e. The van der Waals surface area contributed by atoms with Crippen molar-refractivity contribution in [2.45, 2.75) is 63.0 Å². The number of hydrogen-bond acceptors (Lipinski definition) is 9. The molecule has 1 aliphatic heterocycles. The summed E-state index contributed by atoms with van der Waals surface area (Å²) in [5, 5.41) is 0. The maximum Gasteiger partial charge on any atom is 0.453 e.